The molecule has 0 bridgehead atoms. The Hall–Kier alpha value is -2.34. The molecular formula is C18H23N3O3. The summed E-state index contributed by atoms with van der Waals surface area (Å²) in [5, 5.41) is 4.44. The van der Waals surface area contributed by atoms with Crippen LogP contribution in [-0.2, 0) is 11.3 Å². The molecule has 1 aromatic carbocycles. The maximum atomic E-state index is 12.3. The zero-order valence-electron chi connectivity index (χ0n) is 14.2. The topological polar surface area (TPSA) is 56.6 Å². The fraction of sp³-hybridized carbons (Fsp3) is 0.444. The number of benzene rings is 1. The summed E-state index contributed by atoms with van der Waals surface area (Å²) in [5.74, 6) is 0.476. The third kappa shape index (κ3) is 3.43. The molecule has 0 spiro atoms. The monoisotopic (exact) mass is 329 g/mol. The first-order chi connectivity index (χ1) is 11.7. The molecule has 2 heterocycles. The number of nitrogens with zero attached hydrogens (tertiary/aromatic N) is 3. The number of hydrogen-bond donors (Lipinski definition) is 0. The van der Waals surface area contributed by atoms with Crippen LogP contribution in [0.3, 0.4) is 0 Å². The van der Waals surface area contributed by atoms with Gasteiger partial charge < -0.3 is 9.47 Å². The smallest absolute Gasteiger partial charge is 0.341 e. The van der Waals surface area contributed by atoms with Crippen LogP contribution in [0.1, 0.15) is 35.8 Å². The standard InChI is InChI=1S/C18H23N3O3/c1-3-24-18(22)16-12-19-21(14-6-8-15(23-2)9-7-14)17(16)13-20-10-4-5-11-20/h6-9,12H,3-5,10-11,13H2,1-2H3. The van der Waals surface area contributed by atoms with Gasteiger partial charge in [0.1, 0.15) is 11.3 Å². The van der Waals surface area contributed by atoms with Crippen molar-refractivity contribution in [3.63, 3.8) is 0 Å². The number of rotatable bonds is 6. The Kier molecular flexibility index (Phi) is 5.15. The molecule has 1 aliphatic heterocycles. The predicted molar refractivity (Wildman–Crippen MR) is 90.6 cm³/mol. The van der Waals surface area contributed by atoms with Crippen LogP contribution in [0.2, 0.25) is 0 Å². The normalized spacial score (nSPS) is 14.8. The van der Waals surface area contributed by atoms with Gasteiger partial charge in [-0.2, -0.15) is 5.10 Å². The number of carbonyl (C=O) groups is 1. The van der Waals surface area contributed by atoms with Gasteiger partial charge in [-0.1, -0.05) is 0 Å². The Morgan fingerprint density at radius 2 is 1.92 bits per heavy atom. The first-order valence-corrected chi connectivity index (χ1v) is 8.33. The van der Waals surface area contributed by atoms with Crippen LogP contribution >= 0.6 is 0 Å². The average molecular weight is 329 g/mol. The summed E-state index contributed by atoms with van der Waals surface area (Å²) in [6.07, 6.45) is 4.00. The minimum atomic E-state index is -0.313. The molecule has 0 unspecified atom stereocenters. The van der Waals surface area contributed by atoms with Crippen molar-refractivity contribution in [1.82, 2.24) is 14.7 Å². The molecule has 1 saturated heterocycles. The van der Waals surface area contributed by atoms with E-state index in [-0.39, 0.29) is 5.97 Å². The Balaban J connectivity index is 1.95. The minimum absolute atomic E-state index is 0.313. The molecule has 0 N–H and O–H groups in total. The first kappa shape index (κ1) is 16.5. The van der Waals surface area contributed by atoms with E-state index in [0.29, 0.717) is 18.7 Å². The van der Waals surface area contributed by atoms with Gasteiger partial charge in [-0.3, -0.25) is 4.90 Å². The van der Waals surface area contributed by atoms with E-state index in [1.165, 1.54) is 12.8 Å². The van der Waals surface area contributed by atoms with Crippen molar-refractivity contribution in [2.45, 2.75) is 26.3 Å². The third-order valence-electron chi connectivity index (χ3n) is 4.25. The zero-order valence-corrected chi connectivity index (χ0v) is 14.2. The summed E-state index contributed by atoms with van der Waals surface area (Å²) < 4.78 is 12.2. The van der Waals surface area contributed by atoms with Crippen molar-refractivity contribution in [3.05, 3.63) is 41.7 Å². The average Bonchev–Trinajstić information content (AvgIpc) is 3.25. The minimum Gasteiger partial charge on any atom is -0.497 e. The van der Waals surface area contributed by atoms with Gasteiger partial charge in [0.05, 0.1) is 31.3 Å². The summed E-state index contributed by atoms with van der Waals surface area (Å²) in [4.78, 5) is 14.6. The van der Waals surface area contributed by atoms with Crippen LogP contribution in [0.15, 0.2) is 30.5 Å². The van der Waals surface area contributed by atoms with Gasteiger partial charge in [-0.05, 0) is 57.1 Å². The maximum absolute atomic E-state index is 12.3. The molecule has 2 aromatic rings. The summed E-state index contributed by atoms with van der Waals surface area (Å²) in [5.41, 5.74) is 2.32. The van der Waals surface area contributed by atoms with E-state index in [4.69, 9.17) is 9.47 Å². The largest absolute Gasteiger partial charge is 0.497 e. The van der Waals surface area contributed by atoms with E-state index in [1.807, 2.05) is 35.9 Å². The van der Waals surface area contributed by atoms with E-state index >= 15 is 0 Å². The van der Waals surface area contributed by atoms with Crippen LogP contribution in [-0.4, -0.2) is 47.5 Å². The first-order valence-electron chi connectivity index (χ1n) is 8.33. The number of ether oxygens (including phenoxy) is 2. The summed E-state index contributed by atoms with van der Waals surface area (Å²) in [7, 11) is 1.64. The molecule has 6 nitrogen and oxygen atoms in total. The molecular weight excluding hydrogens is 306 g/mol. The fourth-order valence-electron chi connectivity index (χ4n) is 3.00. The lowest BCUT2D eigenvalue weighted by Gasteiger charge is -2.17. The molecule has 0 atom stereocenters. The van der Waals surface area contributed by atoms with Crippen LogP contribution in [0.4, 0.5) is 0 Å². The van der Waals surface area contributed by atoms with E-state index in [2.05, 4.69) is 10.00 Å². The number of hydrogen-bond acceptors (Lipinski definition) is 5. The lowest BCUT2D eigenvalue weighted by atomic mass is 10.2. The lowest BCUT2D eigenvalue weighted by molar-refractivity contribution is 0.0524. The molecule has 6 heteroatoms. The quantitative estimate of drug-likeness (QED) is 0.763. The highest BCUT2D eigenvalue weighted by Crippen LogP contribution is 2.22. The summed E-state index contributed by atoms with van der Waals surface area (Å²) >= 11 is 0. The highest BCUT2D eigenvalue weighted by atomic mass is 16.5. The van der Waals surface area contributed by atoms with E-state index < -0.39 is 0 Å². The van der Waals surface area contributed by atoms with Gasteiger partial charge >= 0.3 is 5.97 Å². The molecule has 1 fully saturated rings. The van der Waals surface area contributed by atoms with Gasteiger partial charge in [0.15, 0.2) is 0 Å². The second-order valence-corrected chi connectivity index (χ2v) is 5.82. The SMILES string of the molecule is CCOC(=O)c1cnn(-c2ccc(OC)cc2)c1CN1CCCC1. The number of esters is 1. The van der Waals surface area contributed by atoms with Crippen LogP contribution in [0.25, 0.3) is 5.69 Å². The van der Waals surface area contributed by atoms with Crippen LogP contribution < -0.4 is 4.74 Å². The molecule has 128 valence electrons. The Morgan fingerprint density at radius 3 is 2.54 bits per heavy atom. The van der Waals surface area contributed by atoms with Crippen LogP contribution in [0.5, 0.6) is 5.75 Å². The molecule has 24 heavy (non-hydrogen) atoms. The van der Waals surface area contributed by atoms with Crippen molar-refractivity contribution >= 4 is 5.97 Å². The molecule has 0 radical (unpaired) electrons. The third-order valence-corrected chi connectivity index (χ3v) is 4.25. The summed E-state index contributed by atoms with van der Waals surface area (Å²) in [6.45, 7) is 4.97. The molecule has 1 aromatic heterocycles. The van der Waals surface area contributed by atoms with Gasteiger partial charge in [0, 0.05) is 6.54 Å². The van der Waals surface area contributed by atoms with Crippen molar-refractivity contribution < 1.29 is 14.3 Å². The van der Waals surface area contributed by atoms with Gasteiger partial charge in [0.2, 0.25) is 0 Å². The van der Waals surface area contributed by atoms with E-state index in [0.717, 1.165) is 30.2 Å². The van der Waals surface area contributed by atoms with E-state index in [1.54, 1.807) is 13.3 Å². The lowest BCUT2D eigenvalue weighted by Crippen LogP contribution is -2.22. The summed E-state index contributed by atoms with van der Waals surface area (Å²) in [6, 6.07) is 7.66. The second-order valence-electron chi connectivity index (χ2n) is 5.82. The second kappa shape index (κ2) is 7.49. The van der Waals surface area contributed by atoms with Crippen LogP contribution in [0, 0.1) is 0 Å². The van der Waals surface area contributed by atoms with Gasteiger partial charge in [-0.15, -0.1) is 0 Å². The highest BCUT2D eigenvalue weighted by molar-refractivity contribution is 5.90. The zero-order chi connectivity index (χ0) is 16.9. The predicted octanol–water partition coefficient (Wildman–Crippen LogP) is 2.65. The number of likely N-dealkylation sites (tertiary alicyclic amines) is 1. The Labute approximate surface area is 142 Å². The molecule has 0 saturated carbocycles. The maximum Gasteiger partial charge on any atom is 0.341 e. The van der Waals surface area contributed by atoms with Crippen molar-refractivity contribution in [1.29, 1.82) is 0 Å². The van der Waals surface area contributed by atoms with Gasteiger partial charge in [0.25, 0.3) is 0 Å². The fourth-order valence-corrected chi connectivity index (χ4v) is 3.00. The van der Waals surface area contributed by atoms with Crippen molar-refractivity contribution in [3.8, 4) is 11.4 Å². The molecule has 3 rings (SSSR count). The number of aromatic nitrogens is 2. The molecule has 1 aliphatic rings. The van der Waals surface area contributed by atoms with Gasteiger partial charge in [-0.25, -0.2) is 9.48 Å². The Morgan fingerprint density at radius 1 is 1.21 bits per heavy atom. The highest BCUT2D eigenvalue weighted by Gasteiger charge is 2.23. The number of methoxy groups -OCH3 is 1. The Bertz CT molecular complexity index is 688. The van der Waals surface area contributed by atoms with E-state index in [9.17, 15) is 4.79 Å². The number of carbonyl (C=O) groups excluding carboxylic acids is 1. The van der Waals surface area contributed by atoms with Crippen molar-refractivity contribution in [2.24, 2.45) is 0 Å². The molecule has 0 aliphatic carbocycles. The molecule has 0 amide bonds. The van der Waals surface area contributed by atoms with Crippen molar-refractivity contribution in [2.75, 3.05) is 26.8 Å².